The molecule has 1 aromatic heterocycles. The van der Waals surface area contributed by atoms with Crippen molar-refractivity contribution in [3.8, 4) is 11.1 Å². The van der Waals surface area contributed by atoms with Gasteiger partial charge in [-0.3, -0.25) is 0 Å². The zero-order valence-corrected chi connectivity index (χ0v) is 12.4. The molecule has 2 aromatic rings. The number of nitrogens with one attached hydrogen (secondary N) is 1. The van der Waals surface area contributed by atoms with Crippen molar-refractivity contribution in [3.63, 3.8) is 0 Å². The third-order valence-corrected chi connectivity index (χ3v) is 4.35. The number of nitrogens with two attached hydrogens (primary N) is 2. The van der Waals surface area contributed by atoms with Crippen molar-refractivity contribution in [1.29, 1.82) is 0 Å². The Hall–Kier alpha value is -2.07. The zero-order chi connectivity index (χ0) is 14.8. The number of nitrogen functional groups attached to an aromatic ring is 2. The van der Waals surface area contributed by atoms with E-state index >= 15 is 0 Å². The van der Waals surface area contributed by atoms with Gasteiger partial charge < -0.3 is 16.8 Å². The van der Waals surface area contributed by atoms with E-state index in [0.29, 0.717) is 17.4 Å². The summed E-state index contributed by atoms with van der Waals surface area (Å²) < 4.78 is 0. The fraction of sp³-hybridized carbons (Fsp3) is 0.353. The van der Waals surface area contributed by atoms with Crippen molar-refractivity contribution in [2.24, 2.45) is 0 Å². The molecule has 110 valence electrons. The first-order valence-corrected chi connectivity index (χ1v) is 7.48. The van der Waals surface area contributed by atoms with Gasteiger partial charge in [0, 0.05) is 17.4 Å². The monoisotopic (exact) mass is 282 g/mol. The molecule has 0 bridgehead atoms. The molecule has 4 nitrogen and oxygen atoms in total. The molecule has 1 saturated heterocycles. The topological polar surface area (TPSA) is 77.0 Å². The Bertz CT molecular complexity index is 625. The summed E-state index contributed by atoms with van der Waals surface area (Å²) in [6.45, 7) is 4.38. The Morgan fingerprint density at radius 2 is 1.90 bits per heavy atom. The average Bonchev–Trinajstić information content (AvgIpc) is 2.48. The van der Waals surface area contributed by atoms with Crippen LogP contribution in [0.1, 0.15) is 29.9 Å². The van der Waals surface area contributed by atoms with E-state index in [2.05, 4.69) is 35.4 Å². The first-order valence-electron chi connectivity index (χ1n) is 7.48. The second-order valence-corrected chi connectivity index (χ2v) is 5.76. The lowest BCUT2D eigenvalue weighted by Gasteiger charge is -2.25. The highest BCUT2D eigenvalue weighted by atomic mass is 14.9. The maximum atomic E-state index is 6.06. The molecule has 2 heterocycles. The van der Waals surface area contributed by atoms with Crippen molar-refractivity contribution in [2.45, 2.75) is 25.7 Å². The average molecular weight is 282 g/mol. The van der Waals surface area contributed by atoms with Crippen LogP contribution in [0.15, 0.2) is 30.5 Å². The lowest BCUT2D eigenvalue weighted by atomic mass is 9.86. The normalized spacial score (nSPS) is 16.0. The molecule has 1 aliphatic heterocycles. The molecular weight excluding hydrogens is 260 g/mol. The number of nitrogens with zero attached hydrogens (tertiary/aromatic N) is 1. The number of pyridine rings is 1. The van der Waals surface area contributed by atoms with E-state index < -0.39 is 0 Å². The van der Waals surface area contributed by atoms with Crippen molar-refractivity contribution < 1.29 is 0 Å². The number of hydrogen-bond donors (Lipinski definition) is 3. The summed E-state index contributed by atoms with van der Waals surface area (Å²) in [6, 6.07) is 8.32. The summed E-state index contributed by atoms with van der Waals surface area (Å²) in [7, 11) is 0. The van der Waals surface area contributed by atoms with E-state index in [1.807, 2.05) is 0 Å². The fourth-order valence-electron chi connectivity index (χ4n) is 3.23. The van der Waals surface area contributed by atoms with E-state index in [9.17, 15) is 0 Å². The zero-order valence-electron chi connectivity index (χ0n) is 12.4. The molecular formula is C17H22N4. The Labute approximate surface area is 125 Å². The van der Waals surface area contributed by atoms with Gasteiger partial charge in [0.15, 0.2) is 0 Å². The van der Waals surface area contributed by atoms with E-state index in [-0.39, 0.29) is 0 Å². The van der Waals surface area contributed by atoms with E-state index in [1.165, 1.54) is 24.0 Å². The number of aryl methyl sites for hydroxylation is 1. The highest BCUT2D eigenvalue weighted by molar-refractivity contribution is 5.84. The van der Waals surface area contributed by atoms with Crippen LogP contribution < -0.4 is 16.8 Å². The van der Waals surface area contributed by atoms with Crippen LogP contribution in [0, 0.1) is 6.92 Å². The van der Waals surface area contributed by atoms with Gasteiger partial charge in [0.05, 0.1) is 0 Å². The molecule has 4 heteroatoms. The molecule has 0 spiro atoms. The van der Waals surface area contributed by atoms with E-state index in [4.69, 9.17) is 11.5 Å². The standard InChI is InChI=1S/C17H22N4/c1-11-10-13(16-15(18)6-9-21-17(16)19)2-3-14(11)12-4-7-20-8-5-12/h2-3,6,9-10,12,20H,4-5,7-8H2,1H3,(H4,18,19,21). The smallest absolute Gasteiger partial charge is 0.133 e. The van der Waals surface area contributed by atoms with E-state index in [1.54, 1.807) is 12.3 Å². The van der Waals surface area contributed by atoms with Crippen LogP contribution in [0.5, 0.6) is 0 Å². The van der Waals surface area contributed by atoms with Crippen LogP contribution in [0.3, 0.4) is 0 Å². The van der Waals surface area contributed by atoms with Gasteiger partial charge in [-0.2, -0.15) is 0 Å². The minimum Gasteiger partial charge on any atom is -0.398 e. The van der Waals surface area contributed by atoms with Gasteiger partial charge in [-0.15, -0.1) is 0 Å². The van der Waals surface area contributed by atoms with Crippen molar-refractivity contribution >= 4 is 11.5 Å². The van der Waals surface area contributed by atoms with Gasteiger partial charge in [0.25, 0.3) is 0 Å². The van der Waals surface area contributed by atoms with Gasteiger partial charge in [-0.25, -0.2) is 4.98 Å². The summed E-state index contributed by atoms with van der Waals surface area (Å²) in [4.78, 5) is 4.15. The summed E-state index contributed by atoms with van der Waals surface area (Å²) >= 11 is 0. The highest BCUT2D eigenvalue weighted by Crippen LogP contribution is 2.34. The number of piperidine rings is 1. The van der Waals surface area contributed by atoms with Crippen LogP contribution >= 0.6 is 0 Å². The molecule has 0 saturated carbocycles. The number of benzene rings is 1. The number of aromatic nitrogens is 1. The maximum Gasteiger partial charge on any atom is 0.133 e. The second kappa shape index (κ2) is 5.74. The molecule has 0 unspecified atom stereocenters. The molecule has 1 aromatic carbocycles. The fourth-order valence-corrected chi connectivity index (χ4v) is 3.23. The Morgan fingerprint density at radius 3 is 2.57 bits per heavy atom. The third kappa shape index (κ3) is 2.72. The molecule has 21 heavy (non-hydrogen) atoms. The predicted octanol–water partition coefficient (Wildman–Crippen LogP) is 2.69. The molecule has 1 aliphatic rings. The van der Waals surface area contributed by atoms with Crippen LogP contribution in [-0.2, 0) is 0 Å². The van der Waals surface area contributed by atoms with Crippen LogP contribution in [-0.4, -0.2) is 18.1 Å². The van der Waals surface area contributed by atoms with Crippen molar-refractivity contribution in [1.82, 2.24) is 10.3 Å². The van der Waals surface area contributed by atoms with Gasteiger partial charge >= 0.3 is 0 Å². The lowest BCUT2D eigenvalue weighted by Crippen LogP contribution is -2.26. The second-order valence-electron chi connectivity index (χ2n) is 5.76. The highest BCUT2D eigenvalue weighted by Gasteiger charge is 2.18. The lowest BCUT2D eigenvalue weighted by molar-refractivity contribution is 0.459. The Kier molecular flexibility index (Phi) is 3.80. The van der Waals surface area contributed by atoms with E-state index in [0.717, 1.165) is 24.2 Å². The van der Waals surface area contributed by atoms with Gasteiger partial charge in [0.2, 0.25) is 0 Å². The Morgan fingerprint density at radius 1 is 1.14 bits per heavy atom. The molecule has 0 amide bonds. The molecule has 0 aliphatic carbocycles. The third-order valence-electron chi connectivity index (χ3n) is 4.35. The minimum absolute atomic E-state index is 0.490. The van der Waals surface area contributed by atoms with Gasteiger partial charge in [0.1, 0.15) is 5.82 Å². The van der Waals surface area contributed by atoms with Crippen LogP contribution in [0.4, 0.5) is 11.5 Å². The van der Waals surface area contributed by atoms with Crippen molar-refractivity contribution in [3.05, 3.63) is 41.6 Å². The first kappa shape index (κ1) is 13.9. The van der Waals surface area contributed by atoms with Crippen LogP contribution in [0.2, 0.25) is 0 Å². The minimum atomic E-state index is 0.490. The number of anilines is 2. The molecule has 0 radical (unpaired) electrons. The van der Waals surface area contributed by atoms with Crippen molar-refractivity contribution in [2.75, 3.05) is 24.6 Å². The maximum absolute atomic E-state index is 6.06. The summed E-state index contributed by atoms with van der Waals surface area (Å²) in [6.07, 6.45) is 4.05. The summed E-state index contributed by atoms with van der Waals surface area (Å²) in [5.41, 5.74) is 17.4. The summed E-state index contributed by atoms with van der Waals surface area (Å²) in [5.74, 6) is 1.15. The van der Waals surface area contributed by atoms with Crippen LogP contribution in [0.25, 0.3) is 11.1 Å². The predicted molar refractivity (Wildman–Crippen MR) is 88.1 cm³/mol. The number of rotatable bonds is 2. The number of hydrogen-bond acceptors (Lipinski definition) is 4. The van der Waals surface area contributed by atoms with Gasteiger partial charge in [-0.05, 0) is 61.5 Å². The first-order chi connectivity index (χ1) is 10.2. The molecule has 5 N–H and O–H groups in total. The quantitative estimate of drug-likeness (QED) is 0.791. The molecule has 0 atom stereocenters. The Balaban J connectivity index is 1.97. The van der Waals surface area contributed by atoms with Gasteiger partial charge in [-0.1, -0.05) is 18.2 Å². The largest absolute Gasteiger partial charge is 0.398 e. The SMILES string of the molecule is Cc1cc(-c2c(N)ccnc2N)ccc1C1CCNCC1. The molecule has 3 rings (SSSR count). The molecule has 1 fully saturated rings. The summed E-state index contributed by atoms with van der Waals surface area (Å²) in [5, 5.41) is 3.41.